The summed E-state index contributed by atoms with van der Waals surface area (Å²) < 4.78 is 28.6. The van der Waals surface area contributed by atoms with Crippen molar-refractivity contribution in [3.05, 3.63) is 29.8 Å². The van der Waals surface area contributed by atoms with E-state index >= 15 is 0 Å². The Bertz CT molecular complexity index is 488. The second-order valence-electron chi connectivity index (χ2n) is 5.68. The first-order valence-corrected chi connectivity index (χ1v) is 7.02. The number of benzene rings is 1. The molecule has 0 bridgehead atoms. The van der Waals surface area contributed by atoms with Gasteiger partial charge in [0.1, 0.15) is 5.75 Å². The molecule has 21 heavy (non-hydrogen) atoms. The third-order valence-corrected chi connectivity index (χ3v) is 3.68. The van der Waals surface area contributed by atoms with E-state index in [0.29, 0.717) is 12.1 Å². The van der Waals surface area contributed by atoms with Crippen LogP contribution in [0.1, 0.15) is 30.1 Å². The summed E-state index contributed by atoms with van der Waals surface area (Å²) in [5, 5.41) is 6.18. The number of amides is 1. The van der Waals surface area contributed by atoms with E-state index in [2.05, 4.69) is 22.3 Å². The van der Waals surface area contributed by atoms with E-state index in [-0.39, 0.29) is 17.1 Å². The van der Waals surface area contributed by atoms with Crippen molar-refractivity contribution in [2.45, 2.75) is 26.4 Å². The third-order valence-electron chi connectivity index (χ3n) is 3.68. The molecule has 116 valence electrons. The highest BCUT2D eigenvalue weighted by Crippen LogP contribution is 2.24. The van der Waals surface area contributed by atoms with E-state index in [9.17, 15) is 13.6 Å². The lowest BCUT2D eigenvalue weighted by molar-refractivity contribution is -0.0498. The Hall–Kier alpha value is -1.69. The fourth-order valence-electron chi connectivity index (χ4n) is 2.48. The van der Waals surface area contributed by atoms with Gasteiger partial charge in [-0.2, -0.15) is 8.78 Å². The molecule has 4 nitrogen and oxygen atoms in total. The van der Waals surface area contributed by atoms with Gasteiger partial charge in [0.05, 0.1) is 0 Å². The molecule has 1 atom stereocenters. The van der Waals surface area contributed by atoms with E-state index in [4.69, 9.17) is 0 Å². The lowest BCUT2D eigenvalue weighted by atomic mass is 9.83. The van der Waals surface area contributed by atoms with Crippen molar-refractivity contribution in [1.29, 1.82) is 0 Å². The quantitative estimate of drug-likeness (QED) is 0.877. The van der Waals surface area contributed by atoms with Gasteiger partial charge in [-0.05, 0) is 43.0 Å². The number of nitrogens with one attached hydrogen (secondary N) is 2. The summed E-state index contributed by atoms with van der Waals surface area (Å²) in [5.74, 6) is -0.287. The van der Waals surface area contributed by atoms with Gasteiger partial charge in [-0.15, -0.1) is 0 Å². The number of carbonyl (C=O) groups excluding carboxylic acids is 1. The summed E-state index contributed by atoms with van der Waals surface area (Å²) in [6.45, 7) is 1.66. The molecule has 0 aromatic heterocycles. The van der Waals surface area contributed by atoms with E-state index in [0.717, 1.165) is 25.9 Å². The highest BCUT2D eigenvalue weighted by molar-refractivity contribution is 5.94. The summed E-state index contributed by atoms with van der Waals surface area (Å²) in [7, 11) is 0. The average molecular weight is 298 g/mol. The number of rotatable bonds is 5. The summed E-state index contributed by atoms with van der Waals surface area (Å²) in [6.07, 6.45) is 2.14. The molecule has 1 heterocycles. The molecule has 6 heteroatoms. The van der Waals surface area contributed by atoms with Crippen molar-refractivity contribution in [3.63, 3.8) is 0 Å². The molecule has 1 saturated heterocycles. The zero-order valence-electron chi connectivity index (χ0n) is 12.0. The summed E-state index contributed by atoms with van der Waals surface area (Å²) in [6, 6.07) is 5.82. The number of piperidine rings is 1. The van der Waals surface area contributed by atoms with Gasteiger partial charge in [-0.1, -0.05) is 13.0 Å². The van der Waals surface area contributed by atoms with Gasteiger partial charge in [0.2, 0.25) is 0 Å². The van der Waals surface area contributed by atoms with Crippen LogP contribution < -0.4 is 15.4 Å². The zero-order valence-corrected chi connectivity index (χ0v) is 12.0. The van der Waals surface area contributed by atoms with Crippen molar-refractivity contribution >= 4 is 5.91 Å². The van der Waals surface area contributed by atoms with Crippen molar-refractivity contribution in [1.82, 2.24) is 10.6 Å². The number of hydrogen-bond donors (Lipinski definition) is 2. The topological polar surface area (TPSA) is 50.4 Å². The monoisotopic (exact) mass is 298 g/mol. The van der Waals surface area contributed by atoms with E-state index in [1.165, 1.54) is 18.2 Å². The van der Waals surface area contributed by atoms with Crippen LogP contribution in [0.25, 0.3) is 0 Å². The van der Waals surface area contributed by atoms with Crippen molar-refractivity contribution in [2.75, 3.05) is 19.6 Å². The first-order chi connectivity index (χ1) is 9.98. The molecule has 1 aromatic carbocycles. The summed E-state index contributed by atoms with van der Waals surface area (Å²) >= 11 is 0. The number of carbonyl (C=O) groups is 1. The minimum atomic E-state index is -2.89. The zero-order chi connectivity index (χ0) is 15.3. The fourth-order valence-corrected chi connectivity index (χ4v) is 2.48. The molecule has 1 fully saturated rings. The van der Waals surface area contributed by atoms with Crippen molar-refractivity contribution in [2.24, 2.45) is 5.41 Å². The number of halogens is 2. The highest BCUT2D eigenvalue weighted by atomic mass is 19.3. The smallest absolute Gasteiger partial charge is 0.387 e. The van der Waals surface area contributed by atoms with Gasteiger partial charge >= 0.3 is 6.61 Å². The number of hydrogen-bond acceptors (Lipinski definition) is 3. The molecule has 0 aliphatic carbocycles. The van der Waals surface area contributed by atoms with Gasteiger partial charge in [-0.3, -0.25) is 4.79 Å². The van der Waals surface area contributed by atoms with Crippen LogP contribution in [0.15, 0.2) is 24.3 Å². The summed E-state index contributed by atoms with van der Waals surface area (Å²) in [4.78, 5) is 12.1. The fraction of sp³-hybridized carbons (Fsp3) is 0.533. The molecule has 1 unspecified atom stereocenters. The Labute approximate surface area is 122 Å². The molecule has 1 aliphatic heterocycles. The Morgan fingerprint density at radius 1 is 1.52 bits per heavy atom. The van der Waals surface area contributed by atoms with E-state index < -0.39 is 6.61 Å². The van der Waals surface area contributed by atoms with Crippen LogP contribution >= 0.6 is 0 Å². The SMILES string of the molecule is CC1(CNC(=O)c2cccc(OC(F)F)c2)CCCNC1. The van der Waals surface area contributed by atoms with Gasteiger partial charge < -0.3 is 15.4 Å². The molecule has 2 N–H and O–H groups in total. The van der Waals surface area contributed by atoms with Crippen LogP contribution in [0.2, 0.25) is 0 Å². The normalized spacial score (nSPS) is 22.1. The highest BCUT2D eigenvalue weighted by Gasteiger charge is 2.27. The molecule has 2 rings (SSSR count). The molecule has 0 radical (unpaired) electrons. The summed E-state index contributed by atoms with van der Waals surface area (Å²) in [5.41, 5.74) is 0.353. The second-order valence-corrected chi connectivity index (χ2v) is 5.68. The Balaban J connectivity index is 1.93. The van der Waals surface area contributed by atoms with E-state index in [1.54, 1.807) is 6.07 Å². The maximum Gasteiger partial charge on any atom is 0.387 e. The van der Waals surface area contributed by atoms with Gasteiger partial charge in [0.15, 0.2) is 0 Å². The van der Waals surface area contributed by atoms with Crippen LogP contribution in [-0.4, -0.2) is 32.2 Å². The standard InChI is InChI=1S/C15H20F2N2O2/c1-15(6-3-7-18-9-15)10-19-13(20)11-4-2-5-12(8-11)21-14(16)17/h2,4-5,8,14,18H,3,6-7,9-10H2,1H3,(H,19,20). The van der Waals surface area contributed by atoms with Crippen LogP contribution in [0.3, 0.4) is 0 Å². The van der Waals surface area contributed by atoms with Gasteiger partial charge in [0.25, 0.3) is 5.91 Å². The Morgan fingerprint density at radius 3 is 3.00 bits per heavy atom. The average Bonchev–Trinajstić information content (AvgIpc) is 2.45. The van der Waals surface area contributed by atoms with Crippen LogP contribution in [0, 0.1) is 5.41 Å². The van der Waals surface area contributed by atoms with Crippen molar-refractivity contribution in [3.8, 4) is 5.75 Å². The number of alkyl halides is 2. The first-order valence-electron chi connectivity index (χ1n) is 7.02. The van der Waals surface area contributed by atoms with Gasteiger partial charge in [-0.25, -0.2) is 0 Å². The molecule has 1 aliphatic rings. The molecule has 1 aromatic rings. The largest absolute Gasteiger partial charge is 0.435 e. The molecular weight excluding hydrogens is 278 g/mol. The molecule has 1 amide bonds. The predicted molar refractivity (Wildman–Crippen MR) is 75.6 cm³/mol. The van der Waals surface area contributed by atoms with Crippen LogP contribution in [-0.2, 0) is 0 Å². The maximum absolute atomic E-state index is 12.2. The maximum atomic E-state index is 12.2. The molecular formula is C15H20F2N2O2. The predicted octanol–water partition coefficient (Wildman–Crippen LogP) is 2.41. The van der Waals surface area contributed by atoms with Gasteiger partial charge in [0, 0.05) is 18.7 Å². The molecule has 0 saturated carbocycles. The minimum absolute atomic E-state index is 0.0109. The third kappa shape index (κ3) is 4.67. The van der Waals surface area contributed by atoms with Crippen LogP contribution in [0.4, 0.5) is 8.78 Å². The molecule has 0 spiro atoms. The lowest BCUT2D eigenvalue weighted by Gasteiger charge is -2.34. The first kappa shape index (κ1) is 15.7. The van der Waals surface area contributed by atoms with Crippen molar-refractivity contribution < 1.29 is 18.3 Å². The minimum Gasteiger partial charge on any atom is -0.435 e. The number of ether oxygens (including phenoxy) is 1. The second kappa shape index (κ2) is 6.85. The Morgan fingerprint density at radius 2 is 2.33 bits per heavy atom. The van der Waals surface area contributed by atoms with E-state index in [1.807, 2.05) is 0 Å². The lowest BCUT2D eigenvalue weighted by Crippen LogP contribution is -2.45. The Kier molecular flexibility index (Phi) is 5.12. The van der Waals surface area contributed by atoms with Crippen LogP contribution in [0.5, 0.6) is 5.75 Å².